The normalized spacial score (nSPS) is 17.5. The smallest absolute Gasteiger partial charge is 0.356 e. The summed E-state index contributed by atoms with van der Waals surface area (Å²) in [6.07, 6.45) is -1.34. The van der Waals surface area contributed by atoms with Crippen LogP contribution in [0.5, 0.6) is 0 Å². The van der Waals surface area contributed by atoms with Gasteiger partial charge in [-0.25, -0.2) is 0 Å². The highest BCUT2D eigenvalue weighted by Gasteiger charge is 2.30. The molecule has 1 unspecified atom stereocenters. The maximum absolute atomic E-state index is 12.9. The van der Waals surface area contributed by atoms with Crippen LogP contribution in [0.15, 0.2) is 29.3 Å². The van der Waals surface area contributed by atoms with Crippen LogP contribution in [0.2, 0.25) is 0 Å². The molecule has 1 aliphatic rings. The van der Waals surface area contributed by atoms with Gasteiger partial charge in [-0.15, -0.1) is 0 Å². The minimum atomic E-state index is -4.30. The number of unbranched alkanes of at least 4 members (excludes halogenated alkanes) is 1. The first-order chi connectivity index (χ1) is 14.8. The molecule has 1 aromatic carbocycles. The van der Waals surface area contributed by atoms with E-state index < -0.39 is 11.7 Å². The number of hydrogen-bond acceptors (Lipinski definition) is 3. The highest BCUT2D eigenvalue weighted by Crippen LogP contribution is 2.31. The second-order valence-electron chi connectivity index (χ2n) is 8.22. The maximum Gasteiger partial charge on any atom is 0.416 e. The van der Waals surface area contributed by atoms with Gasteiger partial charge in [-0.2, -0.15) is 13.2 Å². The number of hydrogen-bond donors (Lipinski definition) is 2. The second-order valence-corrected chi connectivity index (χ2v) is 8.22. The van der Waals surface area contributed by atoms with Crippen LogP contribution in [0.3, 0.4) is 0 Å². The largest absolute Gasteiger partial charge is 0.416 e. The molecule has 5 nitrogen and oxygen atoms in total. The standard InChI is InChI=1S/C23H38F3N5/c1-4-30-14-16-31(17-15-30)13-6-5-11-28-22(27-3)29-12-10-19(2)20-8-7-9-21(18-20)23(24,25)26/h7-9,18-19H,4-6,10-17H2,1-3H3,(H2,27,28,29). The topological polar surface area (TPSA) is 42.9 Å². The van der Waals surface area contributed by atoms with Crippen molar-refractivity contribution >= 4 is 5.96 Å². The third-order valence-electron chi connectivity index (χ3n) is 5.98. The van der Waals surface area contributed by atoms with E-state index in [2.05, 4.69) is 32.3 Å². The minimum Gasteiger partial charge on any atom is -0.356 e. The van der Waals surface area contributed by atoms with Crippen LogP contribution in [0, 0.1) is 0 Å². The Bertz CT molecular complexity index is 669. The van der Waals surface area contributed by atoms with Crippen LogP contribution in [0.4, 0.5) is 13.2 Å². The van der Waals surface area contributed by atoms with E-state index >= 15 is 0 Å². The number of alkyl halides is 3. The summed E-state index contributed by atoms with van der Waals surface area (Å²) in [5.41, 5.74) is 0.119. The van der Waals surface area contributed by atoms with Gasteiger partial charge in [0.1, 0.15) is 0 Å². The van der Waals surface area contributed by atoms with Gasteiger partial charge in [0.2, 0.25) is 0 Å². The van der Waals surface area contributed by atoms with Crippen LogP contribution in [0.1, 0.15) is 50.2 Å². The Kier molecular flexibility index (Phi) is 10.6. The SMILES string of the molecule is CCN1CCN(CCCCNC(=NC)NCCC(C)c2cccc(C(F)(F)F)c2)CC1. The molecule has 0 radical (unpaired) electrons. The lowest BCUT2D eigenvalue weighted by molar-refractivity contribution is -0.137. The van der Waals surface area contributed by atoms with Gasteiger partial charge in [-0.05, 0) is 49.9 Å². The minimum absolute atomic E-state index is 0.0288. The number of nitrogens with zero attached hydrogens (tertiary/aromatic N) is 3. The van der Waals surface area contributed by atoms with Crippen molar-refractivity contribution in [2.75, 3.05) is 59.4 Å². The van der Waals surface area contributed by atoms with Gasteiger partial charge in [-0.1, -0.05) is 32.0 Å². The number of nitrogens with one attached hydrogen (secondary N) is 2. The van der Waals surface area contributed by atoms with Gasteiger partial charge in [0.15, 0.2) is 5.96 Å². The first kappa shape index (κ1) is 25.5. The Hall–Kier alpha value is -1.80. The summed E-state index contributed by atoms with van der Waals surface area (Å²) in [6, 6.07) is 5.60. The van der Waals surface area contributed by atoms with Crippen molar-refractivity contribution < 1.29 is 13.2 Å². The summed E-state index contributed by atoms with van der Waals surface area (Å²) in [4.78, 5) is 9.26. The fraction of sp³-hybridized carbons (Fsp3) is 0.696. The lowest BCUT2D eigenvalue weighted by Crippen LogP contribution is -2.46. The lowest BCUT2D eigenvalue weighted by atomic mass is 9.96. The molecule has 31 heavy (non-hydrogen) atoms. The summed E-state index contributed by atoms with van der Waals surface area (Å²) < 4.78 is 38.7. The molecule has 0 bridgehead atoms. The Labute approximate surface area is 185 Å². The molecule has 176 valence electrons. The van der Waals surface area contributed by atoms with E-state index in [0.717, 1.165) is 64.0 Å². The van der Waals surface area contributed by atoms with Crippen LogP contribution in [0.25, 0.3) is 0 Å². The molecule has 1 aromatic rings. The van der Waals surface area contributed by atoms with Crippen molar-refractivity contribution in [2.45, 2.75) is 45.2 Å². The highest BCUT2D eigenvalue weighted by atomic mass is 19.4. The van der Waals surface area contributed by atoms with Crippen LogP contribution in [-0.4, -0.2) is 75.2 Å². The molecule has 1 saturated heterocycles. The average molecular weight is 442 g/mol. The molecule has 8 heteroatoms. The van der Waals surface area contributed by atoms with Crippen molar-refractivity contribution in [1.82, 2.24) is 20.4 Å². The Morgan fingerprint density at radius 2 is 1.74 bits per heavy atom. The number of halogens is 3. The summed E-state index contributed by atoms with van der Waals surface area (Å²) in [5.74, 6) is 0.772. The Morgan fingerprint density at radius 3 is 2.39 bits per heavy atom. The van der Waals surface area contributed by atoms with E-state index in [9.17, 15) is 13.2 Å². The zero-order valence-electron chi connectivity index (χ0n) is 19.1. The van der Waals surface area contributed by atoms with Crippen LogP contribution < -0.4 is 10.6 Å². The molecule has 1 atom stereocenters. The molecule has 2 N–H and O–H groups in total. The molecule has 0 saturated carbocycles. The number of benzene rings is 1. The van der Waals surface area contributed by atoms with Crippen molar-refractivity contribution in [3.05, 3.63) is 35.4 Å². The van der Waals surface area contributed by atoms with Crippen molar-refractivity contribution in [2.24, 2.45) is 4.99 Å². The lowest BCUT2D eigenvalue weighted by Gasteiger charge is -2.34. The maximum atomic E-state index is 12.9. The van der Waals surface area contributed by atoms with Gasteiger partial charge in [-0.3, -0.25) is 4.99 Å². The van der Waals surface area contributed by atoms with Gasteiger partial charge in [0.05, 0.1) is 5.56 Å². The van der Waals surface area contributed by atoms with E-state index in [-0.39, 0.29) is 5.92 Å². The number of piperazine rings is 1. The predicted molar refractivity (Wildman–Crippen MR) is 122 cm³/mol. The first-order valence-corrected chi connectivity index (χ1v) is 11.4. The van der Waals surface area contributed by atoms with E-state index in [1.807, 2.05) is 6.92 Å². The third kappa shape index (κ3) is 9.07. The first-order valence-electron chi connectivity index (χ1n) is 11.4. The number of guanidine groups is 1. The van der Waals surface area contributed by atoms with Gasteiger partial charge in [0.25, 0.3) is 0 Å². The Balaban J connectivity index is 1.61. The molecule has 0 aliphatic carbocycles. The molecular formula is C23H38F3N5. The van der Waals surface area contributed by atoms with Crippen LogP contribution >= 0.6 is 0 Å². The fourth-order valence-electron chi connectivity index (χ4n) is 3.81. The van der Waals surface area contributed by atoms with E-state index in [0.29, 0.717) is 12.1 Å². The summed E-state index contributed by atoms with van der Waals surface area (Å²) in [6.45, 7) is 12.6. The summed E-state index contributed by atoms with van der Waals surface area (Å²) >= 11 is 0. The fourth-order valence-corrected chi connectivity index (χ4v) is 3.81. The Morgan fingerprint density at radius 1 is 1.06 bits per heavy atom. The van der Waals surface area contributed by atoms with E-state index in [1.165, 1.54) is 25.2 Å². The van der Waals surface area contributed by atoms with Crippen molar-refractivity contribution in [1.29, 1.82) is 0 Å². The van der Waals surface area contributed by atoms with Gasteiger partial charge in [0, 0.05) is 46.3 Å². The quantitative estimate of drug-likeness (QED) is 0.330. The number of rotatable bonds is 10. The monoisotopic (exact) mass is 441 g/mol. The zero-order chi connectivity index (χ0) is 22.7. The number of aliphatic imine (C=N–C) groups is 1. The van der Waals surface area contributed by atoms with E-state index in [4.69, 9.17) is 0 Å². The molecule has 1 aliphatic heterocycles. The van der Waals surface area contributed by atoms with Crippen LogP contribution in [-0.2, 0) is 6.18 Å². The van der Waals surface area contributed by atoms with Crippen molar-refractivity contribution in [3.8, 4) is 0 Å². The van der Waals surface area contributed by atoms with Gasteiger partial charge >= 0.3 is 6.18 Å². The third-order valence-corrected chi connectivity index (χ3v) is 5.98. The van der Waals surface area contributed by atoms with Crippen molar-refractivity contribution in [3.63, 3.8) is 0 Å². The summed E-state index contributed by atoms with van der Waals surface area (Å²) in [5, 5.41) is 6.60. The predicted octanol–water partition coefficient (Wildman–Crippen LogP) is 3.78. The molecule has 0 amide bonds. The van der Waals surface area contributed by atoms with Gasteiger partial charge < -0.3 is 20.4 Å². The number of likely N-dealkylation sites (N-methyl/N-ethyl adjacent to an activating group) is 1. The summed E-state index contributed by atoms with van der Waals surface area (Å²) in [7, 11) is 1.73. The molecule has 1 heterocycles. The molecule has 1 fully saturated rings. The second kappa shape index (κ2) is 12.9. The molecule has 2 rings (SSSR count). The molecular weight excluding hydrogens is 403 g/mol. The molecule has 0 spiro atoms. The van der Waals surface area contributed by atoms with E-state index in [1.54, 1.807) is 13.1 Å². The average Bonchev–Trinajstić information content (AvgIpc) is 2.77. The zero-order valence-corrected chi connectivity index (χ0v) is 19.1. The highest BCUT2D eigenvalue weighted by molar-refractivity contribution is 5.79. The molecule has 0 aromatic heterocycles.